The number of hydrogen-bond acceptors (Lipinski definition) is 2. The summed E-state index contributed by atoms with van der Waals surface area (Å²) < 4.78 is 0. The largest absolute Gasteiger partial charge is 0.366 e. The van der Waals surface area contributed by atoms with Crippen molar-refractivity contribution in [3.8, 4) is 17.2 Å². The third kappa shape index (κ3) is 3.46. The van der Waals surface area contributed by atoms with Gasteiger partial charge in [-0.15, -0.1) is 0 Å². The van der Waals surface area contributed by atoms with Crippen molar-refractivity contribution in [2.45, 2.75) is 37.1 Å². The summed E-state index contributed by atoms with van der Waals surface area (Å²) in [6, 6.07) is 31.9. The molecule has 2 unspecified atom stereocenters. The van der Waals surface area contributed by atoms with Crippen molar-refractivity contribution in [3.63, 3.8) is 0 Å². The Labute approximate surface area is 161 Å². The second-order valence-corrected chi connectivity index (χ2v) is 7.33. The Morgan fingerprint density at radius 3 is 2.22 bits per heavy atom. The minimum atomic E-state index is -0.579. The maximum absolute atomic E-state index is 10.3. The number of nitriles is 1. The number of rotatable bonds is 4. The lowest BCUT2D eigenvalue weighted by Crippen LogP contribution is -2.45. The van der Waals surface area contributed by atoms with Gasteiger partial charge in [-0.3, -0.25) is 0 Å². The molecule has 2 nitrogen and oxygen atoms in total. The molecule has 0 bridgehead atoms. The minimum absolute atomic E-state index is 0.196. The van der Waals surface area contributed by atoms with Crippen LogP contribution in [-0.4, -0.2) is 5.54 Å². The first-order valence-electron chi connectivity index (χ1n) is 9.71. The van der Waals surface area contributed by atoms with Gasteiger partial charge in [0.05, 0.1) is 6.07 Å². The minimum Gasteiger partial charge on any atom is -0.366 e. The zero-order valence-electron chi connectivity index (χ0n) is 15.4. The summed E-state index contributed by atoms with van der Waals surface area (Å²) in [6.45, 7) is 0. The molecular weight excluding hydrogens is 328 g/mol. The average molecular weight is 352 g/mol. The number of nitrogens with one attached hydrogen (secondary N) is 1. The molecule has 0 saturated heterocycles. The molecule has 1 fully saturated rings. The predicted molar refractivity (Wildman–Crippen MR) is 111 cm³/mol. The highest BCUT2D eigenvalue weighted by molar-refractivity contribution is 5.78. The summed E-state index contributed by atoms with van der Waals surface area (Å²) in [5, 5.41) is 14.0. The van der Waals surface area contributed by atoms with Crippen LogP contribution in [0.4, 0.5) is 5.69 Å². The summed E-state index contributed by atoms with van der Waals surface area (Å²) in [7, 11) is 0. The standard InChI is InChI=1S/C25H24N2/c26-19-25(18-10-9-16-23(25)21-13-5-2-6-14-21)27-24-17-8-7-15-22(24)20-11-3-1-4-12-20/h1-8,11-15,17,23,27H,9-10,16,18H2. The molecule has 4 rings (SSSR count). The van der Waals surface area contributed by atoms with Gasteiger partial charge in [-0.2, -0.15) is 5.26 Å². The molecule has 0 spiro atoms. The molecule has 0 aliphatic heterocycles. The van der Waals surface area contributed by atoms with Gasteiger partial charge >= 0.3 is 0 Å². The van der Waals surface area contributed by atoms with Gasteiger partial charge in [-0.05, 0) is 36.5 Å². The number of benzene rings is 3. The highest BCUT2D eigenvalue weighted by Crippen LogP contribution is 2.44. The second-order valence-electron chi connectivity index (χ2n) is 7.33. The van der Waals surface area contributed by atoms with Crippen LogP contribution < -0.4 is 5.32 Å². The summed E-state index contributed by atoms with van der Waals surface area (Å²) in [5.74, 6) is 0.196. The van der Waals surface area contributed by atoms with Crippen LogP contribution in [0.2, 0.25) is 0 Å². The van der Waals surface area contributed by atoms with Crippen LogP contribution in [0.3, 0.4) is 0 Å². The molecular formula is C25H24N2. The molecule has 0 radical (unpaired) electrons. The van der Waals surface area contributed by atoms with Crippen molar-refractivity contribution in [3.05, 3.63) is 90.5 Å². The van der Waals surface area contributed by atoms with Gasteiger partial charge in [-0.25, -0.2) is 0 Å². The van der Waals surface area contributed by atoms with Crippen molar-refractivity contribution in [2.24, 2.45) is 0 Å². The molecule has 0 heterocycles. The molecule has 1 saturated carbocycles. The molecule has 1 aliphatic carbocycles. The van der Waals surface area contributed by atoms with E-state index >= 15 is 0 Å². The fourth-order valence-corrected chi connectivity index (χ4v) is 4.32. The normalized spacial score (nSPS) is 22.0. The summed E-state index contributed by atoms with van der Waals surface area (Å²) in [6.07, 6.45) is 4.16. The topological polar surface area (TPSA) is 35.8 Å². The van der Waals surface area contributed by atoms with E-state index in [1.807, 2.05) is 18.2 Å². The highest BCUT2D eigenvalue weighted by Gasteiger charge is 2.42. The molecule has 3 aromatic carbocycles. The number of para-hydroxylation sites is 1. The predicted octanol–water partition coefficient (Wildman–Crippen LogP) is 6.39. The average Bonchev–Trinajstić information content (AvgIpc) is 2.76. The molecule has 0 amide bonds. The molecule has 1 aliphatic rings. The van der Waals surface area contributed by atoms with Gasteiger partial charge in [0.1, 0.15) is 5.54 Å². The lowest BCUT2D eigenvalue weighted by molar-refractivity contribution is 0.339. The SMILES string of the molecule is N#CC1(Nc2ccccc2-c2ccccc2)CCCCC1c1ccccc1. The van der Waals surface area contributed by atoms with Gasteiger partial charge in [0.2, 0.25) is 0 Å². The van der Waals surface area contributed by atoms with Gasteiger partial charge in [0.25, 0.3) is 0 Å². The van der Waals surface area contributed by atoms with Crippen LogP contribution in [0.1, 0.15) is 37.2 Å². The summed E-state index contributed by atoms with van der Waals surface area (Å²) in [5.41, 5.74) is 4.02. The first kappa shape index (κ1) is 17.4. The fourth-order valence-electron chi connectivity index (χ4n) is 4.32. The molecule has 27 heavy (non-hydrogen) atoms. The zero-order chi connectivity index (χ0) is 18.5. The van der Waals surface area contributed by atoms with Crippen molar-refractivity contribution < 1.29 is 0 Å². The van der Waals surface area contributed by atoms with E-state index in [-0.39, 0.29) is 5.92 Å². The first-order chi connectivity index (χ1) is 13.3. The molecule has 3 aromatic rings. The van der Waals surface area contributed by atoms with E-state index in [0.29, 0.717) is 0 Å². The second kappa shape index (κ2) is 7.68. The number of nitrogens with zero attached hydrogens (tertiary/aromatic N) is 1. The maximum atomic E-state index is 10.3. The Balaban J connectivity index is 1.75. The van der Waals surface area contributed by atoms with Crippen LogP contribution >= 0.6 is 0 Å². The molecule has 0 aromatic heterocycles. The van der Waals surface area contributed by atoms with Gasteiger partial charge < -0.3 is 5.32 Å². The summed E-state index contributed by atoms with van der Waals surface area (Å²) in [4.78, 5) is 0. The van der Waals surface area contributed by atoms with Crippen LogP contribution in [-0.2, 0) is 0 Å². The van der Waals surface area contributed by atoms with Crippen LogP contribution in [0.5, 0.6) is 0 Å². The van der Waals surface area contributed by atoms with E-state index in [1.165, 1.54) is 17.5 Å². The van der Waals surface area contributed by atoms with E-state index < -0.39 is 5.54 Å². The Hall–Kier alpha value is -3.05. The monoisotopic (exact) mass is 352 g/mol. The molecule has 1 N–H and O–H groups in total. The molecule has 2 atom stereocenters. The van der Waals surface area contributed by atoms with Crippen molar-refractivity contribution >= 4 is 5.69 Å². The van der Waals surface area contributed by atoms with Gasteiger partial charge in [0.15, 0.2) is 0 Å². The quantitative estimate of drug-likeness (QED) is 0.591. The number of hydrogen-bond donors (Lipinski definition) is 1. The third-order valence-corrected chi connectivity index (χ3v) is 5.68. The zero-order valence-corrected chi connectivity index (χ0v) is 15.4. The third-order valence-electron chi connectivity index (χ3n) is 5.68. The Bertz CT molecular complexity index is 927. The lowest BCUT2D eigenvalue weighted by atomic mass is 9.70. The van der Waals surface area contributed by atoms with Gasteiger partial charge in [-0.1, -0.05) is 85.3 Å². The van der Waals surface area contributed by atoms with Crippen molar-refractivity contribution in [2.75, 3.05) is 5.32 Å². The van der Waals surface area contributed by atoms with E-state index in [1.54, 1.807) is 0 Å². The number of anilines is 1. The fraction of sp³-hybridized carbons (Fsp3) is 0.240. The highest BCUT2D eigenvalue weighted by atomic mass is 15.0. The Kier molecular flexibility index (Phi) is 4.94. The first-order valence-corrected chi connectivity index (χ1v) is 9.71. The smallest absolute Gasteiger partial charge is 0.132 e. The van der Waals surface area contributed by atoms with Crippen LogP contribution in [0.15, 0.2) is 84.9 Å². The Morgan fingerprint density at radius 2 is 1.48 bits per heavy atom. The van der Waals surface area contributed by atoms with Gasteiger partial charge in [0, 0.05) is 17.2 Å². The van der Waals surface area contributed by atoms with E-state index in [2.05, 4.69) is 78.1 Å². The summed E-state index contributed by atoms with van der Waals surface area (Å²) >= 11 is 0. The van der Waals surface area contributed by atoms with Crippen LogP contribution in [0.25, 0.3) is 11.1 Å². The van der Waals surface area contributed by atoms with Crippen molar-refractivity contribution in [1.29, 1.82) is 5.26 Å². The van der Waals surface area contributed by atoms with E-state index in [0.717, 1.165) is 30.5 Å². The molecule has 2 heteroatoms. The van der Waals surface area contributed by atoms with Crippen LogP contribution in [0, 0.1) is 11.3 Å². The molecule has 134 valence electrons. The maximum Gasteiger partial charge on any atom is 0.132 e. The van der Waals surface area contributed by atoms with E-state index in [4.69, 9.17) is 0 Å². The van der Waals surface area contributed by atoms with Crippen molar-refractivity contribution in [1.82, 2.24) is 0 Å². The van der Waals surface area contributed by atoms with E-state index in [9.17, 15) is 5.26 Å². The Morgan fingerprint density at radius 1 is 0.815 bits per heavy atom. The lowest BCUT2D eigenvalue weighted by Gasteiger charge is -2.41.